The molecule has 166 valence electrons. The predicted molar refractivity (Wildman–Crippen MR) is 120 cm³/mol. The fraction of sp³-hybridized carbons (Fsp3) is 0.708. The lowest BCUT2D eigenvalue weighted by Gasteiger charge is -2.61. The third kappa shape index (κ3) is 4.66. The zero-order valence-corrected chi connectivity index (χ0v) is 18.6. The van der Waals surface area contributed by atoms with Crippen molar-refractivity contribution in [3.63, 3.8) is 0 Å². The molecule has 1 heterocycles. The number of piperidine rings is 1. The predicted octanol–water partition coefficient (Wildman–Crippen LogP) is 2.66. The standard InChI is InChI=1S/C24H38N4O2/c1-3-30-22-15-21(24(22)11-4-12-24)27-23(25-2)26-16-18-5-7-19(8-6-18)17-28-13-9-20(29)10-14-28/h5-8,20-22,29H,3-4,9-17H2,1-2H3,(H2,25,26,27). The van der Waals surface area contributed by atoms with Crippen molar-refractivity contribution in [3.8, 4) is 0 Å². The second kappa shape index (κ2) is 9.67. The minimum Gasteiger partial charge on any atom is -0.393 e. The summed E-state index contributed by atoms with van der Waals surface area (Å²) in [6, 6.07) is 9.33. The van der Waals surface area contributed by atoms with Crippen LogP contribution in [0.15, 0.2) is 29.3 Å². The first-order chi connectivity index (χ1) is 14.6. The Balaban J connectivity index is 1.23. The third-order valence-electron chi connectivity index (χ3n) is 7.42. The van der Waals surface area contributed by atoms with Crippen molar-refractivity contribution in [2.24, 2.45) is 10.4 Å². The van der Waals surface area contributed by atoms with E-state index in [1.54, 1.807) is 0 Å². The van der Waals surface area contributed by atoms with Crippen molar-refractivity contribution in [1.29, 1.82) is 0 Å². The molecule has 2 unspecified atom stereocenters. The zero-order valence-electron chi connectivity index (χ0n) is 18.6. The number of benzene rings is 1. The molecule has 4 rings (SSSR count). The summed E-state index contributed by atoms with van der Waals surface area (Å²) in [6.45, 7) is 6.61. The first-order valence-corrected chi connectivity index (χ1v) is 11.7. The van der Waals surface area contributed by atoms with Crippen LogP contribution in [-0.4, -0.2) is 61.0 Å². The molecule has 1 aromatic carbocycles. The van der Waals surface area contributed by atoms with Crippen molar-refractivity contribution >= 4 is 5.96 Å². The summed E-state index contributed by atoms with van der Waals surface area (Å²) < 4.78 is 5.97. The minimum absolute atomic E-state index is 0.109. The molecule has 3 aliphatic rings. The Labute approximate surface area is 181 Å². The molecule has 0 radical (unpaired) electrons. The Hall–Kier alpha value is -1.63. The SMILES string of the molecule is CCOC1CC(NC(=NC)NCc2ccc(CN3CCC(O)CC3)cc2)C12CCC2. The number of nitrogens with zero attached hydrogens (tertiary/aromatic N) is 2. The van der Waals surface area contributed by atoms with E-state index >= 15 is 0 Å². The van der Waals surface area contributed by atoms with E-state index in [1.165, 1.54) is 30.4 Å². The van der Waals surface area contributed by atoms with Crippen molar-refractivity contribution in [2.45, 2.75) is 76.8 Å². The highest BCUT2D eigenvalue weighted by Gasteiger charge is 2.59. The van der Waals surface area contributed by atoms with Crippen LogP contribution in [0.25, 0.3) is 0 Å². The molecule has 1 spiro atoms. The monoisotopic (exact) mass is 414 g/mol. The Morgan fingerprint density at radius 3 is 2.50 bits per heavy atom. The lowest BCUT2D eigenvalue weighted by molar-refractivity contribution is -0.168. The topological polar surface area (TPSA) is 69.1 Å². The quantitative estimate of drug-likeness (QED) is 0.473. The molecule has 0 amide bonds. The number of aliphatic imine (C=N–C) groups is 1. The molecule has 0 bridgehead atoms. The summed E-state index contributed by atoms with van der Waals surface area (Å²) in [7, 11) is 1.85. The highest BCUT2D eigenvalue weighted by atomic mass is 16.5. The molecule has 30 heavy (non-hydrogen) atoms. The van der Waals surface area contributed by atoms with Gasteiger partial charge in [-0.3, -0.25) is 9.89 Å². The van der Waals surface area contributed by atoms with Gasteiger partial charge in [-0.05, 0) is 50.2 Å². The number of hydrogen-bond donors (Lipinski definition) is 3. The first-order valence-electron chi connectivity index (χ1n) is 11.7. The van der Waals surface area contributed by atoms with Crippen molar-refractivity contribution in [2.75, 3.05) is 26.7 Å². The van der Waals surface area contributed by atoms with Gasteiger partial charge in [-0.25, -0.2) is 0 Å². The maximum absolute atomic E-state index is 9.66. The molecule has 6 nitrogen and oxygen atoms in total. The normalized spacial score (nSPS) is 26.8. The van der Waals surface area contributed by atoms with Crippen LogP contribution in [0.1, 0.15) is 56.6 Å². The number of hydrogen-bond acceptors (Lipinski definition) is 4. The number of guanidine groups is 1. The molecule has 0 aromatic heterocycles. The summed E-state index contributed by atoms with van der Waals surface area (Å²) in [5.41, 5.74) is 2.93. The largest absolute Gasteiger partial charge is 0.393 e. The molecule has 3 fully saturated rings. The van der Waals surface area contributed by atoms with Gasteiger partial charge in [0.2, 0.25) is 0 Å². The zero-order chi connectivity index (χ0) is 21.0. The summed E-state index contributed by atoms with van der Waals surface area (Å²) in [5.74, 6) is 0.886. The van der Waals surface area contributed by atoms with Crippen molar-refractivity contribution in [1.82, 2.24) is 15.5 Å². The van der Waals surface area contributed by atoms with Crippen LogP contribution >= 0.6 is 0 Å². The number of rotatable bonds is 7. The van der Waals surface area contributed by atoms with E-state index < -0.39 is 0 Å². The van der Waals surface area contributed by atoms with Crippen molar-refractivity contribution in [3.05, 3.63) is 35.4 Å². The van der Waals surface area contributed by atoms with Gasteiger partial charge in [0.05, 0.1) is 12.2 Å². The van der Waals surface area contributed by atoms with Crippen LogP contribution < -0.4 is 10.6 Å². The second-order valence-corrected chi connectivity index (χ2v) is 9.21. The number of aliphatic hydroxyl groups is 1. The van der Waals surface area contributed by atoms with Crippen LogP contribution in [-0.2, 0) is 17.8 Å². The van der Waals surface area contributed by atoms with Gasteiger partial charge in [0.15, 0.2) is 5.96 Å². The lowest BCUT2D eigenvalue weighted by Crippen LogP contribution is -2.68. The Morgan fingerprint density at radius 1 is 1.20 bits per heavy atom. The van der Waals surface area contributed by atoms with Crippen LogP contribution in [0.2, 0.25) is 0 Å². The molecule has 3 N–H and O–H groups in total. The van der Waals surface area contributed by atoms with E-state index in [1.807, 2.05) is 7.05 Å². The first kappa shape index (κ1) is 21.6. The fourth-order valence-electron chi connectivity index (χ4n) is 5.28. The summed E-state index contributed by atoms with van der Waals surface area (Å²) in [5, 5.41) is 16.8. The maximum atomic E-state index is 9.66. The molecule has 2 atom stereocenters. The van der Waals surface area contributed by atoms with E-state index in [4.69, 9.17) is 4.74 Å². The summed E-state index contributed by atoms with van der Waals surface area (Å²) >= 11 is 0. The van der Waals surface area contributed by atoms with Gasteiger partial charge in [0, 0.05) is 51.3 Å². The Morgan fingerprint density at radius 2 is 1.90 bits per heavy atom. The van der Waals surface area contributed by atoms with Gasteiger partial charge < -0.3 is 20.5 Å². The number of likely N-dealkylation sites (tertiary alicyclic amines) is 1. The molecule has 1 aliphatic heterocycles. The van der Waals surface area contributed by atoms with E-state index in [0.717, 1.165) is 58.0 Å². The summed E-state index contributed by atoms with van der Waals surface area (Å²) in [4.78, 5) is 6.87. The second-order valence-electron chi connectivity index (χ2n) is 9.21. The number of aliphatic hydroxyl groups excluding tert-OH is 1. The smallest absolute Gasteiger partial charge is 0.191 e. The average Bonchev–Trinajstić information content (AvgIpc) is 2.71. The van der Waals surface area contributed by atoms with Gasteiger partial charge in [0.1, 0.15) is 0 Å². The highest BCUT2D eigenvalue weighted by molar-refractivity contribution is 5.80. The van der Waals surface area contributed by atoms with Gasteiger partial charge in [-0.1, -0.05) is 30.7 Å². The molecule has 1 aromatic rings. The van der Waals surface area contributed by atoms with Gasteiger partial charge in [0.25, 0.3) is 0 Å². The molecule has 2 saturated carbocycles. The third-order valence-corrected chi connectivity index (χ3v) is 7.42. The van der Waals surface area contributed by atoms with Gasteiger partial charge >= 0.3 is 0 Å². The van der Waals surface area contributed by atoms with Gasteiger partial charge in [-0.2, -0.15) is 0 Å². The van der Waals surface area contributed by atoms with Gasteiger partial charge in [-0.15, -0.1) is 0 Å². The van der Waals surface area contributed by atoms with E-state index in [2.05, 4.69) is 51.7 Å². The number of ether oxygens (including phenoxy) is 1. The van der Waals surface area contributed by atoms with E-state index in [0.29, 0.717) is 17.6 Å². The molecular formula is C24H38N4O2. The van der Waals surface area contributed by atoms with Crippen LogP contribution in [0.3, 0.4) is 0 Å². The fourth-order valence-corrected chi connectivity index (χ4v) is 5.28. The molecule has 1 saturated heterocycles. The van der Waals surface area contributed by atoms with Crippen molar-refractivity contribution < 1.29 is 9.84 Å². The van der Waals surface area contributed by atoms with Crippen LogP contribution in [0, 0.1) is 5.41 Å². The molecule has 6 heteroatoms. The molecular weight excluding hydrogens is 376 g/mol. The maximum Gasteiger partial charge on any atom is 0.191 e. The summed E-state index contributed by atoms with van der Waals surface area (Å²) in [6.07, 6.45) is 7.02. The average molecular weight is 415 g/mol. The number of nitrogens with one attached hydrogen (secondary N) is 2. The lowest BCUT2D eigenvalue weighted by atomic mass is 9.51. The Kier molecular flexibility index (Phi) is 6.96. The van der Waals surface area contributed by atoms with Crippen LogP contribution in [0.5, 0.6) is 0 Å². The highest BCUT2D eigenvalue weighted by Crippen LogP contribution is 2.57. The van der Waals surface area contributed by atoms with E-state index in [9.17, 15) is 5.11 Å². The Bertz CT molecular complexity index is 708. The molecule has 2 aliphatic carbocycles. The minimum atomic E-state index is -0.109. The van der Waals surface area contributed by atoms with Crippen LogP contribution in [0.4, 0.5) is 0 Å². The van der Waals surface area contributed by atoms with E-state index in [-0.39, 0.29) is 6.10 Å².